The molecule has 0 radical (unpaired) electrons. The van der Waals surface area contributed by atoms with Gasteiger partial charge in [-0.3, -0.25) is 0 Å². The lowest BCUT2D eigenvalue weighted by molar-refractivity contribution is 0.00578. The minimum atomic E-state index is -0.681. The standard InChI is InChI=1S/C16H18BClFNO3/c1-9-12(17-22-15(2,3)16(4,5)23-17)14(20-21-9)10-7-6-8-11(18)13(10)19/h6-8H,1-5H3. The minimum Gasteiger partial charge on any atom is -0.399 e. The molecule has 4 nitrogen and oxygen atoms in total. The zero-order valence-corrected chi connectivity index (χ0v) is 14.5. The van der Waals surface area contributed by atoms with E-state index in [1.54, 1.807) is 19.1 Å². The van der Waals surface area contributed by atoms with Gasteiger partial charge in [-0.15, -0.1) is 0 Å². The molecule has 3 rings (SSSR count). The van der Waals surface area contributed by atoms with Crippen molar-refractivity contribution in [2.24, 2.45) is 0 Å². The maximum absolute atomic E-state index is 14.4. The molecule has 1 aromatic heterocycles. The van der Waals surface area contributed by atoms with E-state index in [1.165, 1.54) is 6.07 Å². The largest absolute Gasteiger partial charge is 0.500 e. The SMILES string of the molecule is Cc1onc(-c2cccc(Cl)c2F)c1B1OC(C)(C)C(C)(C)O1. The zero-order valence-electron chi connectivity index (χ0n) is 13.7. The summed E-state index contributed by atoms with van der Waals surface area (Å²) in [6.45, 7) is 9.56. The average molecular weight is 338 g/mol. The third kappa shape index (κ3) is 2.59. The number of hydrogen-bond donors (Lipinski definition) is 0. The van der Waals surface area contributed by atoms with Gasteiger partial charge in [-0.25, -0.2) is 4.39 Å². The van der Waals surface area contributed by atoms with Crippen LogP contribution in [0.4, 0.5) is 4.39 Å². The molecule has 0 saturated carbocycles. The molecule has 2 aromatic rings. The normalized spacial score (nSPS) is 19.3. The van der Waals surface area contributed by atoms with Crippen molar-refractivity contribution in [3.05, 3.63) is 34.8 Å². The summed E-state index contributed by atoms with van der Waals surface area (Å²) >= 11 is 5.88. The Kier molecular flexibility index (Phi) is 3.82. The number of halogens is 2. The third-order valence-electron chi connectivity index (χ3n) is 4.60. The molecule has 7 heteroatoms. The summed E-state index contributed by atoms with van der Waals surface area (Å²) < 4.78 is 31.7. The summed E-state index contributed by atoms with van der Waals surface area (Å²) in [7, 11) is -0.681. The van der Waals surface area contributed by atoms with E-state index < -0.39 is 24.1 Å². The van der Waals surface area contributed by atoms with Crippen LogP contribution in [-0.4, -0.2) is 23.5 Å². The molecule has 1 aliphatic heterocycles. The van der Waals surface area contributed by atoms with Crippen molar-refractivity contribution >= 4 is 24.2 Å². The molecule has 1 fully saturated rings. The second-order valence-electron chi connectivity index (χ2n) is 6.69. The van der Waals surface area contributed by atoms with E-state index in [4.69, 9.17) is 25.4 Å². The number of rotatable bonds is 2. The molecular weight excluding hydrogens is 319 g/mol. The van der Waals surface area contributed by atoms with Gasteiger partial charge in [0.1, 0.15) is 11.5 Å². The average Bonchev–Trinajstić information content (AvgIpc) is 2.91. The summed E-state index contributed by atoms with van der Waals surface area (Å²) in [5, 5.41) is 4.02. The molecule has 23 heavy (non-hydrogen) atoms. The first kappa shape index (κ1) is 16.5. The monoisotopic (exact) mass is 337 g/mol. The molecular formula is C16H18BClFNO3. The quantitative estimate of drug-likeness (QED) is 0.783. The van der Waals surface area contributed by atoms with Gasteiger partial charge >= 0.3 is 7.12 Å². The Bertz CT molecular complexity index is 744. The topological polar surface area (TPSA) is 44.5 Å². The van der Waals surface area contributed by atoms with Crippen molar-refractivity contribution in [2.75, 3.05) is 0 Å². The first-order chi connectivity index (χ1) is 10.6. The predicted octanol–water partition coefficient (Wildman–Crippen LogP) is 3.74. The van der Waals surface area contributed by atoms with E-state index >= 15 is 0 Å². The van der Waals surface area contributed by atoms with Gasteiger partial charge in [0.25, 0.3) is 0 Å². The van der Waals surface area contributed by atoms with Crippen LogP contribution in [0, 0.1) is 12.7 Å². The van der Waals surface area contributed by atoms with E-state index in [1.807, 2.05) is 27.7 Å². The molecule has 0 bridgehead atoms. The van der Waals surface area contributed by atoms with Gasteiger partial charge in [-0.05, 0) is 46.8 Å². The first-order valence-corrected chi connectivity index (χ1v) is 7.78. The van der Waals surface area contributed by atoms with Crippen LogP contribution >= 0.6 is 11.6 Å². The van der Waals surface area contributed by atoms with Crippen LogP contribution in [0.15, 0.2) is 22.7 Å². The highest BCUT2D eigenvalue weighted by Crippen LogP contribution is 2.38. The fourth-order valence-corrected chi connectivity index (χ4v) is 2.67. The van der Waals surface area contributed by atoms with Crippen LogP contribution in [0.5, 0.6) is 0 Å². The fraction of sp³-hybridized carbons (Fsp3) is 0.438. The Morgan fingerprint density at radius 1 is 1.13 bits per heavy atom. The van der Waals surface area contributed by atoms with Crippen molar-refractivity contribution < 1.29 is 18.2 Å². The summed E-state index contributed by atoms with van der Waals surface area (Å²) in [5.74, 6) is -0.0156. The predicted molar refractivity (Wildman–Crippen MR) is 87.4 cm³/mol. The Morgan fingerprint density at radius 2 is 1.74 bits per heavy atom. The van der Waals surface area contributed by atoms with Gasteiger partial charge in [0.2, 0.25) is 0 Å². The molecule has 0 spiro atoms. The molecule has 0 N–H and O–H groups in total. The van der Waals surface area contributed by atoms with E-state index in [-0.39, 0.29) is 10.6 Å². The van der Waals surface area contributed by atoms with Gasteiger partial charge in [0.05, 0.1) is 21.7 Å². The van der Waals surface area contributed by atoms with E-state index in [0.717, 1.165) is 0 Å². The van der Waals surface area contributed by atoms with E-state index in [2.05, 4.69) is 5.16 Å². The first-order valence-electron chi connectivity index (χ1n) is 7.40. The highest BCUT2D eigenvalue weighted by Gasteiger charge is 2.53. The number of aromatic nitrogens is 1. The van der Waals surface area contributed by atoms with Crippen LogP contribution in [-0.2, 0) is 9.31 Å². The van der Waals surface area contributed by atoms with Crippen molar-refractivity contribution in [2.45, 2.75) is 45.8 Å². The third-order valence-corrected chi connectivity index (χ3v) is 4.90. The fourth-order valence-electron chi connectivity index (χ4n) is 2.50. The summed E-state index contributed by atoms with van der Waals surface area (Å²) in [6, 6.07) is 4.76. The zero-order chi connectivity index (χ0) is 17.0. The number of aryl methyl sites for hydroxylation is 1. The maximum Gasteiger partial charge on any atom is 0.500 e. The Balaban J connectivity index is 2.10. The molecule has 1 saturated heterocycles. The maximum atomic E-state index is 14.4. The second-order valence-corrected chi connectivity index (χ2v) is 7.10. The number of hydrogen-bond acceptors (Lipinski definition) is 4. The molecule has 0 amide bonds. The van der Waals surface area contributed by atoms with Crippen molar-refractivity contribution in [1.82, 2.24) is 5.16 Å². The Hall–Kier alpha value is -1.37. The summed E-state index contributed by atoms with van der Waals surface area (Å²) in [6.07, 6.45) is 0. The molecule has 1 aliphatic rings. The smallest absolute Gasteiger partial charge is 0.399 e. The highest BCUT2D eigenvalue weighted by molar-refractivity contribution is 6.64. The van der Waals surface area contributed by atoms with Gasteiger partial charge < -0.3 is 13.8 Å². The lowest BCUT2D eigenvalue weighted by Crippen LogP contribution is -2.41. The van der Waals surface area contributed by atoms with Crippen molar-refractivity contribution in [3.63, 3.8) is 0 Å². The molecule has 0 atom stereocenters. The van der Waals surface area contributed by atoms with Crippen LogP contribution < -0.4 is 5.46 Å². The molecule has 2 heterocycles. The van der Waals surface area contributed by atoms with Crippen LogP contribution in [0.3, 0.4) is 0 Å². The van der Waals surface area contributed by atoms with Crippen LogP contribution in [0.2, 0.25) is 5.02 Å². The Morgan fingerprint density at radius 3 is 2.35 bits per heavy atom. The molecule has 122 valence electrons. The lowest BCUT2D eigenvalue weighted by Gasteiger charge is -2.32. The van der Waals surface area contributed by atoms with Gasteiger partial charge in [0, 0.05) is 5.56 Å². The second kappa shape index (κ2) is 5.33. The van der Waals surface area contributed by atoms with Crippen molar-refractivity contribution in [3.8, 4) is 11.3 Å². The number of benzene rings is 1. The van der Waals surface area contributed by atoms with Gasteiger partial charge in [-0.2, -0.15) is 0 Å². The van der Waals surface area contributed by atoms with Crippen LogP contribution in [0.1, 0.15) is 33.5 Å². The minimum absolute atomic E-state index is 0.0306. The van der Waals surface area contributed by atoms with Gasteiger partial charge in [0.15, 0.2) is 5.82 Å². The van der Waals surface area contributed by atoms with E-state index in [0.29, 0.717) is 16.9 Å². The van der Waals surface area contributed by atoms with E-state index in [9.17, 15) is 4.39 Å². The lowest BCUT2D eigenvalue weighted by atomic mass is 9.76. The van der Waals surface area contributed by atoms with Crippen molar-refractivity contribution in [1.29, 1.82) is 0 Å². The highest BCUT2D eigenvalue weighted by atomic mass is 35.5. The van der Waals surface area contributed by atoms with Crippen LogP contribution in [0.25, 0.3) is 11.3 Å². The molecule has 1 aromatic carbocycles. The molecule has 0 unspecified atom stereocenters. The molecule has 0 aliphatic carbocycles. The summed E-state index contributed by atoms with van der Waals surface area (Å²) in [5.41, 5.74) is 0.182. The number of nitrogens with zero attached hydrogens (tertiary/aromatic N) is 1. The van der Waals surface area contributed by atoms with Gasteiger partial charge in [-0.1, -0.05) is 22.8 Å². The summed E-state index contributed by atoms with van der Waals surface area (Å²) in [4.78, 5) is 0. The Labute approximate surface area is 140 Å².